The summed E-state index contributed by atoms with van der Waals surface area (Å²) in [7, 11) is 0. The van der Waals surface area contributed by atoms with Crippen molar-refractivity contribution in [3.05, 3.63) is 64.7 Å². The Labute approximate surface area is 216 Å². The third kappa shape index (κ3) is 7.75. The summed E-state index contributed by atoms with van der Waals surface area (Å²) in [6.45, 7) is 2.41. The molecule has 0 unspecified atom stereocenters. The number of carbonyl (C=O) groups is 1. The van der Waals surface area contributed by atoms with Crippen LogP contribution in [0.5, 0.6) is 11.5 Å². The number of nitrogens with two attached hydrogens (primary N) is 1. The van der Waals surface area contributed by atoms with Gasteiger partial charge in [-0.2, -0.15) is 0 Å². The van der Waals surface area contributed by atoms with Crippen LogP contribution < -0.4 is 15.8 Å². The number of nitrogens with one attached hydrogen (secondary N) is 1. The molecule has 0 bridgehead atoms. The molecule has 10 heteroatoms. The highest BCUT2D eigenvalue weighted by Gasteiger charge is 2.45. The van der Waals surface area contributed by atoms with E-state index in [2.05, 4.69) is 5.32 Å². The Hall–Kier alpha value is -2.99. The number of carbonyl (C=O) groups excluding carboxylic acids is 1. The van der Waals surface area contributed by atoms with Gasteiger partial charge in [-0.15, -0.1) is 0 Å². The van der Waals surface area contributed by atoms with E-state index in [1.54, 1.807) is 19.1 Å². The summed E-state index contributed by atoms with van der Waals surface area (Å²) in [5.41, 5.74) is 8.67. The van der Waals surface area contributed by atoms with Crippen LogP contribution in [0.15, 0.2) is 42.5 Å². The zero-order valence-corrected chi connectivity index (χ0v) is 20.8. The van der Waals surface area contributed by atoms with E-state index in [1.807, 2.05) is 24.3 Å². The van der Waals surface area contributed by atoms with E-state index in [9.17, 15) is 30.3 Å². The van der Waals surface area contributed by atoms with E-state index in [0.29, 0.717) is 19.5 Å². The molecule has 0 radical (unpaired) electrons. The third-order valence-electron chi connectivity index (χ3n) is 6.23. The number of phenols is 1. The Balaban J connectivity index is 1.71. The molecule has 8 N–H and O–H groups in total. The number of amides is 1. The molecule has 1 amide bonds. The summed E-state index contributed by atoms with van der Waals surface area (Å²) in [5, 5.41) is 52.8. The molecular weight excluding hydrogens is 480 g/mol. The van der Waals surface area contributed by atoms with Gasteiger partial charge in [-0.3, -0.25) is 4.79 Å². The highest BCUT2D eigenvalue weighted by atomic mass is 16.7. The summed E-state index contributed by atoms with van der Waals surface area (Å²) in [6, 6.07) is 10.5. The van der Waals surface area contributed by atoms with Crippen molar-refractivity contribution in [3.63, 3.8) is 0 Å². The number of rotatable bonds is 11. The Morgan fingerprint density at radius 1 is 1.11 bits per heavy atom. The first-order valence-corrected chi connectivity index (χ1v) is 12.3. The van der Waals surface area contributed by atoms with Crippen LogP contribution in [0.4, 0.5) is 0 Å². The maximum absolute atomic E-state index is 11.9. The molecule has 0 aromatic heterocycles. The van der Waals surface area contributed by atoms with E-state index >= 15 is 0 Å². The minimum atomic E-state index is -1.58. The third-order valence-corrected chi connectivity index (χ3v) is 6.23. The Morgan fingerprint density at radius 2 is 1.84 bits per heavy atom. The maximum Gasteiger partial charge on any atom is 0.243 e. The van der Waals surface area contributed by atoms with E-state index < -0.39 is 37.3 Å². The van der Waals surface area contributed by atoms with Gasteiger partial charge in [-0.25, -0.2) is 0 Å². The number of unbranched alkanes of at least 4 members (excludes halogenated alkanes) is 1. The van der Waals surface area contributed by atoms with Crippen molar-refractivity contribution in [1.82, 2.24) is 5.32 Å². The molecule has 1 aliphatic heterocycles. The fourth-order valence-corrected chi connectivity index (χ4v) is 4.05. The molecule has 1 aliphatic rings. The minimum Gasteiger partial charge on any atom is -0.508 e. The predicted molar refractivity (Wildman–Crippen MR) is 137 cm³/mol. The Bertz CT molecular complexity index is 1060. The van der Waals surface area contributed by atoms with Crippen molar-refractivity contribution in [1.29, 1.82) is 0 Å². The second kappa shape index (κ2) is 13.5. The number of hydrogen-bond donors (Lipinski definition) is 7. The van der Waals surface area contributed by atoms with Gasteiger partial charge in [0.1, 0.15) is 35.9 Å². The SMILES string of the molecule is Cc1cc(O)cc(O[C@@H]2O[C@H](CO)[C@@H](O)[C@H](O)[C@H]2O)c1Cc1ccc(/C=C/C(=O)NCCCCN)cc1. The molecule has 3 rings (SSSR count). The highest BCUT2D eigenvalue weighted by molar-refractivity contribution is 5.91. The van der Waals surface area contributed by atoms with Crippen molar-refractivity contribution in [2.75, 3.05) is 19.7 Å². The Morgan fingerprint density at radius 3 is 2.51 bits per heavy atom. The standard InChI is InChI=1S/C27H36N2O8/c1-16-12-19(31)14-21(36-27-26(35)25(34)24(33)22(15-30)37-27)20(16)13-18-6-4-17(5-7-18)8-9-23(32)29-11-3-2-10-28/h4-9,12,14,22,24-27,30-31,33-35H,2-3,10-11,13,15,28H2,1H3,(H,29,32)/b9-8+/t22-,24-,25+,26-,27-/m1/s1. The van der Waals surface area contributed by atoms with Crippen molar-refractivity contribution in [3.8, 4) is 11.5 Å². The Kier molecular flexibility index (Phi) is 10.4. The molecule has 0 spiro atoms. The number of aliphatic hydroxyl groups excluding tert-OH is 4. The second-order valence-electron chi connectivity index (χ2n) is 9.09. The molecule has 0 saturated carbocycles. The first-order valence-electron chi connectivity index (χ1n) is 12.3. The number of aryl methyl sites for hydroxylation is 1. The monoisotopic (exact) mass is 516 g/mol. The smallest absolute Gasteiger partial charge is 0.243 e. The number of aliphatic hydroxyl groups is 4. The summed E-state index contributed by atoms with van der Waals surface area (Å²) < 4.78 is 11.3. The molecule has 1 heterocycles. The molecule has 5 atom stereocenters. The highest BCUT2D eigenvalue weighted by Crippen LogP contribution is 2.33. The number of ether oxygens (including phenoxy) is 2. The van der Waals surface area contributed by atoms with Crippen LogP contribution in [0, 0.1) is 6.92 Å². The van der Waals surface area contributed by atoms with E-state index in [4.69, 9.17) is 15.2 Å². The first kappa shape index (κ1) is 28.6. The van der Waals surface area contributed by atoms with Crippen LogP contribution >= 0.6 is 0 Å². The molecule has 0 aliphatic carbocycles. The zero-order valence-electron chi connectivity index (χ0n) is 20.8. The van der Waals surface area contributed by atoms with Crippen LogP contribution in [0.1, 0.15) is 35.1 Å². The first-order chi connectivity index (χ1) is 17.7. The van der Waals surface area contributed by atoms with Gasteiger partial charge in [0, 0.05) is 30.7 Å². The number of benzene rings is 2. The maximum atomic E-state index is 11.9. The van der Waals surface area contributed by atoms with Crippen molar-refractivity contribution in [2.45, 2.75) is 56.9 Å². The van der Waals surface area contributed by atoms with Crippen LogP contribution in [0.2, 0.25) is 0 Å². The molecule has 1 fully saturated rings. The number of hydrogen-bond acceptors (Lipinski definition) is 9. The van der Waals surface area contributed by atoms with Gasteiger partial charge in [0.15, 0.2) is 0 Å². The molecule has 1 saturated heterocycles. The zero-order chi connectivity index (χ0) is 26.9. The lowest BCUT2D eigenvalue weighted by molar-refractivity contribution is -0.277. The lowest BCUT2D eigenvalue weighted by Crippen LogP contribution is -2.60. The van der Waals surface area contributed by atoms with Gasteiger partial charge in [0.05, 0.1) is 6.61 Å². The van der Waals surface area contributed by atoms with E-state index in [-0.39, 0.29) is 17.4 Å². The largest absolute Gasteiger partial charge is 0.508 e. The average Bonchev–Trinajstić information content (AvgIpc) is 2.88. The lowest BCUT2D eigenvalue weighted by atomic mass is 9.97. The molecule has 10 nitrogen and oxygen atoms in total. The van der Waals surface area contributed by atoms with Crippen molar-refractivity contribution in [2.24, 2.45) is 5.73 Å². The minimum absolute atomic E-state index is 0.0531. The second-order valence-corrected chi connectivity index (χ2v) is 9.09. The average molecular weight is 517 g/mol. The molecule has 2 aromatic rings. The quantitative estimate of drug-likeness (QED) is 0.164. The van der Waals surface area contributed by atoms with Gasteiger partial charge >= 0.3 is 0 Å². The summed E-state index contributed by atoms with van der Waals surface area (Å²) in [4.78, 5) is 11.9. The summed E-state index contributed by atoms with van der Waals surface area (Å²) in [5.74, 6) is 0.00976. The lowest BCUT2D eigenvalue weighted by Gasteiger charge is -2.39. The van der Waals surface area contributed by atoms with Gasteiger partial charge < -0.3 is 46.1 Å². The molecule has 37 heavy (non-hydrogen) atoms. The van der Waals surface area contributed by atoms with Crippen LogP contribution in [-0.4, -0.2) is 81.8 Å². The van der Waals surface area contributed by atoms with Crippen LogP contribution in [0.25, 0.3) is 6.08 Å². The predicted octanol–water partition coefficient (Wildman–Crippen LogP) is 0.338. The van der Waals surface area contributed by atoms with Gasteiger partial charge in [-0.05, 0) is 55.1 Å². The van der Waals surface area contributed by atoms with Crippen molar-refractivity contribution >= 4 is 12.0 Å². The van der Waals surface area contributed by atoms with E-state index in [0.717, 1.165) is 35.1 Å². The molecule has 202 valence electrons. The van der Waals surface area contributed by atoms with Crippen LogP contribution in [0.3, 0.4) is 0 Å². The van der Waals surface area contributed by atoms with Crippen LogP contribution in [-0.2, 0) is 16.0 Å². The van der Waals surface area contributed by atoms with Gasteiger partial charge in [0.25, 0.3) is 0 Å². The van der Waals surface area contributed by atoms with Crippen molar-refractivity contribution < 1.29 is 39.8 Å². The number of aromatic hydroxyl groups is 1. The summed E-state index contributed by atoms with van der Waals surface area (Å²) >= 11 is 0. The fraction of sp³-hybridized carbons (Fsp3) is 0.444. The number of phenolic OH excluding ortho intramolecular Hbond substituents is 1. The molecule has 2 aromatic carbocycles. The van der Waals surface area contributed by atoms with Gasteiger partial charge in [-0.1, -0.05) is 24.3 Å². The summed E-state index contributed by atoms with van der Waals surface area (Å²) in [6.07, 6.45) is -1.81. The van der Waals surface area contributed by atoms with E-state index in [1.165, 1.54) is 12.1 Å². The fourth-order valence-electron chi connectivity index (χ4n) is 4.05. The topological polar surface area (TPSA) is 175 Å². The normalized spacial score (nSPS) is 23.8. The molecular formula is C27H36N2O8. The van der Waals surface area contributed by atoms with Gasteiger partial charge in [0.2, 0.25) is 12.2 Å².